The molecule has 0 saturated heterocycles. The van der Waals surface area contributed by atoms with Crippen LogP contribution >= 0.6 is 0 Å². The van der Waals surface area contributed by atoms with Crippen molar-refractivity contribution >= 4 is 15.9 Å². The van der Waals surface area contributed by atoms with E-state index in [0.717, 1.165) is 11.1 Å². The second-order valence-electron chi connectivity index (χ2n) is 4.89. The van der Waals surface area contributed by atoms with Crippen molar-refractivity contribution < 1.29 is 17.4 Å². The molecular formula is C16H16O4S. The Labute approximate surface area is 124 Å². The Morgan fingerprint density at radius 1 is 1.05 bits per heavy atom. The van der Waals surface area contributed by atoms with Crippen molar-refractivity contribution in [2.75, 3.05) is 0 Å². The fourth-order valence-electron chi connectivity index (χ4n) is 1.83. The smallest absolute Gasteiger partial charge is 0.339 e. The lowest BCUT2D eigenvalue weighted by Gasteiger charge is -2.10. The third-order valence-electron chi connectivity index (χ3n) is 3.07. The summed E-state index contributed by atoms with van der Waals surface area (Å²) in [4.78, 5) is 11.3. The zero-order valence-corrected chi connectivity index (χ0v) is 12.9. The third kappa shape index (κ3) is 3.49. The molecule has 0 amide bonds. The normalized spacial score (nSPS) is 11.2. The summed E-state index contributed by atoms with van der Waals surface area (Å²) < 4.78 is 29.8. The first-order valence-electron chi connectivity index (χ1n) is 6.42. The molecule has 0 fully saturated rings. The van der Waals surface area contributed by atoms with Crippen LogP contribution in [0.4, 0.5) is 0 Å². The summed E-state index contributed by atoms with van der Waals surface area (Å²) in [5.41, 5.74) is 1.97. The molecule has 0 aliphatic heterocycles. The largest absolute Gasteiger partial charge is 0.379 e. The van der Waals surface area contributed by atoms with Gasteiger partial charge in [-0.3, -0.25) is 4.79 Å². The minimum atomic E-state index is -3.96. The Hall–Kier alpha value is -2.14. The highest BCUT2D eigenvalue weighted by atomic mass is 32.2. The van der Waals surface area contributed by atoms with E-state index in [1.807, 2.05) is 13.0 Å². The SMILES string of the molecule is CC(=O)c1cccc(S(=O)(=O)Oc2cc(C)ccc2C)c1. The van der Waals surface area contributed by atoms with Gasteiger partial charge in [0.05, 0.1) is 0 Å². The molecule has 21 heavy (non-hydrogen) atoms. The van der Waals surface area contributed by atoms with Crippen LogP contribution in [0.1, 0.15) is 28.4 Å². The molecule has 0 saturated carbocycles. The maximum Gasteiger partial charge on any atom is 0.339 e. The summed E-state index contributed by atoms with van der Waals surface area (Å²) in [6, 6.07) is 11.2. The van der Waals surface area contributed by atoms with Gasteiger partial charge >= 0.3 is 10.1 Å². The molecule has 0 atom stereocenters. The van der Waals surface area contributed by atoms with Crippen molar-refractivity contribution in [2.24, 2.45) is 0 Å². The second-order valence-corrected chi connectivity index (χ2v) is 6.44. The third-order valence-corrected chi connectivity index (χ3v) is 4.30. The molecule has 2 rings (SSSR count). The predicted molar refractivity (Wildman–Crippen MR) is 80.2 cm³/mol. The average molecular weight is 304 g/mol. The lowest BCUT2D eigenvalue weighted by atomic mass is 10.1. The van der Waals surface area contributed by atoms with Gasteiger partial charge in [-0.2, -0.15) is 8.42 Å². The van der Waals surface area contributed by atoms with Crippen LogP contribution in [0.15, 0.2) is 47.4 Å². The predicted octanol–water partition coefficient (Wildman–Crippen LogP) is 3.27. The monoisotopic (exact) mass is 304 g/mol. The van der Waals surface area contributed by atoms with Gasteiger partial charge in [0.25, 0.3) is 0 Å². The van der Waals surface area contributed by atoms with Gasteiger partial charge in [0.15, 0.2) is 5.78 Å². The van der Waals surface area contributed by atoms with Crippen LogP contribution in [0.3, 0.4) is 0 Å². The van der Waals surface area contributed by atoms with Crippen LogP contribution in [0.25, 0.3) is 0 Å². The number of hydrogen-bond acceptors (Lipinski definition) is 4. The number of carbonyl (C=O) groups is 1. The highest BCUT2D eigenvalue weighted by molar-refractivity contribution is 7.87. The van der Waals surface area contributed by atoms with Crippen molar-refractivity contribution in [3.8, 4) is 5.75 Å². The molecule has 4 nitrogen and oxygen atoms in total. The summed E-state index contributed by atoms with van der Waals surface area (Å²) in [7, 11) is -3.96. The lowest BCUT2D eigenvalue weighted by molar-refractivity contribution is 0.101. The van der Waals surface area contributed by atoms with Crippen molar-refractivity contribution in [3.63, 3.8) is 0 Å². The molecule has 0 aliphatic rings. The molecule has 0 heterocycles. The number of carbonyl (C=O) groups excluding carboxylic acids is 1. The number of Topliss-reactive ketones (excluding diaryl/α,β-unsaturated/α-hetero) is 1. The van der Waals surface area contributed by atoms with E-state index in [9.17, 15) is 13.2 Å². The van der Waals surface area contributed by atoms with Crippen molar-refractivity contribution in [2.45, 2.75) is 25.7 Å². The molecular weight excluding hydrogens is 288 g/mol. The summed E-state index contributed by atoms with van der Waals surface area (Å²) in [6.45, 7) is 5.02. The second kappa shape index (κ2) is 5.69. The molecule has 0 aromatic heterocycles. The van der Waals surface area contributed by atoms with Crippen molar-refractivity contribution in [1.29, 1.82) is 0 Å². The van der Waals surface area contributed by atoms with Crippen LogP contribution in [-0.4, -0.2) is 14.2 Å². The van der Waals surface area contributed by atoms with E-state index in [2.05, 4.69) is 0 Å². The molecule has 0 unspecified atom stereocenters. The van der Waals surface area contributed by atoms with Gasteiger partial charge in [0, 0.05) is 5.56 Å². The van der Waals surface area contributed by atoms with Crippen LogP contribution in [-0.2, 0) is 10.1 Å². The summed E-state index contributed by atoms with van der Waals surface area (Å²) >= 11 is 0. The molecule has 0 spiro atoms. The Morgan fingerprint density at radius 2 is 1.76 bits per heavy atom. The standard InChI is InChI=1S/C16H16O4S/c1-11-7-8-12(2)16(9-11)20-21(18,19)15-6-4-5-14(10-15)13(3)17/h4-10H,1-3H3. The first-order valence-corrected chi connectivity index (χ1v) is 7.83. The molecule has 5 heteroatoms. The number of hydrogen-bond donors (Lipinski definition) is 0. The molecule has 0 aliphatic carbocycles. The van der Waals surface area contributed by atoms with Gasteiger partial charge in [0.2, 0.25) is 0 Å². The van der Waals surface area contributed by atoms with Crippen LogP contribution < -0.4 is 4.18 Å². The topological polar surface area (TPSA) is 60.4 Å². The van der Waals surface area contributed by atoms with Gasteiger partial charge in [-0.15, -0.1) is 0 Å². The van der Waals surface area contributed by atoms with E-state index < -0.39 is 10.1 Å². The fourth-order valence-corrected chi connectivity index (χ4v) is 2.86. The molecule has 2 aromatic carbocycles. The Bertz CT molecular complexity index is 792. The van der Waals surface area contributed by atoms with Gasteiger partial charge in [-0.05, 0) is 50.1 Å². The van der Waals surface area contributed by atoms with Gasteiger partial charge in [-0.1, -0.05) is 24.3 Å². The minimum absolute atomic E-state index is 0.0314. The number of benzene rings is 2. The van der Waals surface area contributed by atoms with E-state index >= 15 is 0 Å². The van der Waals surface area contributed by atoms with Crippen LogP contribution in [0.2, 0.25) is 0 Å². The van der Waals surface area contributed by atoms with E-state index in [1.54, 1.807) is 25.1 Å². The average Bonchev–Trinajstić information content (AvgIpc) is 2.43. The van der Waals surface area contributed by atoms with Crippen LogP contribution in [0, 0.1) is 13.8 Å². The van der Waals surface area contributed by atoms with Crippen LogP contribution in [0.5, 0.6) is 5.75 Å². The van der Waals surface area contributed by atoms with Crippen molar-refractivity contribution in [3.05, 3.63) is 59.2 Å². The highest BCUT2D eigenvalue weighted by Crippen LogP contribution is 2.24. The maximum absolute atomic E-state index is 12.3. The first-order chi connectivity index (χ1) is 9.79. The number of aryl methyl sites for hydroxylation is 2. The van der Waals surface area contributed by atoms with Gasteiger partial charge in [0.1, 0.15) is 10.6 Å². The Kier molecular flexibility index (Phi) is 4.14. The van der Waals surface area contributed by atoms with Gasteiger partial charge in [-0.25, -0.2) is 0 Å². The minimum Gasteiger partial charge on any atom is -0.379 e. The molecule has 0 bridgehead atoms. The number of rotatable bonds is 4. The van der Waals surface area contributed by atoms with E-state index in [0.29, 0.717) is 11.3 Å². The van der Waals surface area contributed by atoms with E-state index in [4.69, 9.17) is 4.18 Å². The summed E-state index contributed by atoms with van der Waals surface area (Å²) in [5.74, 6) is 0.0991. The molecule has 0 N–H and O–H groups in total. The first kappa shape index (κ1) is 15.3. The fraction of sp³-hybridized carbons (Fsp3) is 0.188. The van der Waals surface area contributed by atoms with E-state index in [1.165, 1.54) is 25.1 Å². The Morgan fingerprint density at radius 3 is 2.43 bits per heavy atom. The lowest BCUT2D eigenvalue weighted by Crippen LogP contribution is -2.11. The number of ketones is 1. The zero-order chi connectivity index (χ0) is 15.6. The molecule has 110 valence electrons. The molecule has 0 radical (unpaired) electrons. The maximum atomic E-state index is 12.3. The quantitative estimate of drug-likeness (QED) is 0.642. The van der Waals surface area contributed by atoms with E-state index in [-0.39, 0.29) is 10.7 Å². The highest BCUT2D eigenvalue weighted by Gasteiger charge is 2.19. The zero-order valence-electron chi connectivity index (χ0n) is 12.1. The molecule has 2 aromatic rings. The summed E-state index contributed by atoms with van der Waals surface area (Å²) in [5, 5.41) is 0. The Balaban J connectivity index is 2.41. The van der Waals surface area contributed by atoms with Gasteiger partial charge < -0.3 is 4.18 Å². The summed E-state index contributed by atoms with van der Waals surface area (Å²) in [6.07, 6.45) is 0. The van der Waals surface area contributed by atoms with Crippen molar-refractivity contribution in [1.82, 2.24) is 0 Å².